The Kier molecular flexibility index (Phi) is 13.0. The number of rotatable bonds is 9. The molecule has 0 aliphatic rings. The van der Waals surface area contributed by atoms with E-state index < -0.39 is 0 Å². The SMILES string of the molecule is c1ccc(-c2nc(-c3ccccc3)nc(-n3c4ccccc4c4cc(-c5ccc(-c6ccc7oc8ccccc8c7c6)cc5)ccc43)n2)cc1.c1ccc(-c2nc(-c3ccccc3)nc(-n3c4ccccc4c4cc(-c5ccc6oc7ccccc7c6c5)ccc43)n2)cc1. The fraction of sp³-hybridized carbons (Fsp3) is 0. The van der Waals surface area contributed by atoms with Crippen LogP contribution in [0, 0.1) is 0 Å². The van der Waals surface area contributed by atoms with Gasteiger partial charge in [0.15, 0.2) is 23.3 Å². The molecular weight excluding hydrogens is 1150 g/mol. The van der Waals surface area contributed by atoms with Crippen molar-refractivity contribution in [1.29, 1.82) is 0 Å². The quantitative estimate of drug-likeness (QED) is 0.140. The topological polar surface area (TPSA) is 113 Å². The van der Waals surface area contributed by atoms with Crippen LogP contribution in [0.3, 0.4) is 0 Å². The lowest BCUT2D eigenvalue weighted by Gasteiger charge is -2.11. The number of aromatic nitrogens is 8. The van der Waals surface area contributed by atoms with E-state index in [9.17, 15) is 0 Å². The normalized spacial score (nSPS) is 11.6. The van der Waals surface area contributed by atoms with Crippen LogP contribution < -0.4 is 0 Å². The first-order chi connectivity index (χ1) is 46.6. The van der Waals surface area contributed by atoms with E-state index in [2.05, 4.69) is 179 Å². The Balaban J connectivity index is 0.000000139. The maximum Gasteiger partial charge on any atom is 0.238 e. The molecule has 0 N–H and O–H groups in total. The molecule has 0 radical (unpaired) electrons. The lowest BCUT2D eigenvalue weighted by Crippen LogP contribution is -2.06. The Morgan fingerprint density at radius 3 is 0.819 bits per heavy atom. The number of benzene rings is 13. The smallest absolute Gasteiger partial charge is 0.238 e. The zero-order valence-electron chi connectivity index (χ0n) is 50.4. The molecule has 0 fully saturated rings. The van der Waals surface area contributed by atoms with Gasteiger partial charge in [-0.2, -0.15) is 19.9 Å². The molecule has 0 saturated carbocycles. The first kappa shape index (κ1) is 54.1. The summed E-state index contributed by atoms with van der Waals surface area (Å²) >= 11 is 0. The van der Waals surface area contributed by atoms with E-state index in [-0.39, 0.29) is 0 Å². The molecule has 0 atom stereocenters. The predicted molar refractivity (Wildman–Crippen MR) is 381 cm³/mol. The minimum Gasteiger partial charge on any atom is -0.456 e. The average molecular weight is 1210 g/mol. The molecule has 0 saturated heterocycles. The van der Waals surface area contributed by atoms with E-state index in [1.54, 1.807) is 0 Å². The molecule has 6 aromatic heterocycles. The van der Waals surface area contributed by atoms with Crippen LogP contribution >= 0.6 is 0 Å². The Morgan fingerprint density at radius 1 is 0.181 bits per heavy atom. The van der Waals surface area contributed by atoms with E-state index in [4.69, 9.17) is 38.7 Å². The third-order valence-electron chi connectivity index (χ3n) is 17.8. The van der Waals surface area contributed by atoms with Gasteiger partial charge in [0.05, 0.1) is 22.1 Å². The van der Waals surface area contributed by atoms with Crippen molar-refractivity contribution in [3.8, 4) is 90.8 Å². The number of nitrogens with zero attached hydrogens (tertiary/aromatic N) is 8. The van der Waals surface area contributed by atoms with Crippen LogP contribution in [0.2, 0.25) is 0 Å². The third-order valence-corrected chi connectivity index (χ3v) is 17.8. The summed E-state index contributed by atoms with van der Waals surface area (Å²) < 4.78 is 16.5. The van der Waals surface area contributed by atoms with Crippen molar-refractivity contribution in [1.82, 2.24) is 39.0 Å². The van der Waals surface area contributed by atoms with Gasteiger partial charge >= 0.3 is 0 Å². The van der Waals surface area contributed by atoms with Crippen molar-refractivity contribution < 1.29 is 8.83 Å². The van der Waals surface area contributed by atoms with Gasteiger partial charge in [-0.25, -0.2) is 9.97 Å². The van der Waals surface area contributed by atoms with E-state index in [0.717, 1.165) is 143 Å². The standard InChI is InChI=1S/C45H28N4O.C39H24N4O/c1-3-11-31(12-4-1)43-46-44(32-13-5-2-6-14-32)48-45(47-43)49-39-17-9-7-15-35(39)37-27-33(23-25-40(37)49)29-19-21-30(22-20-29)34-24-26-42-38(28-34)36-16-8-10-18-41(36)50-42;1-3-11-25(12-4-1)37-40-38(26-13-5-2-6-14-26)42-39(41-37)43-33-17-9-7-15-29(33)31-23-27(19-21-34(31)43)28-20-22-36-32(24-28)30-16-8-10-18-35(30)44-36/h1-28H;1-24H. The van der Waals surface area contributed by atoms with Gasteiger partial charge < -0.3 is 8.83 Å². The van der Waals surface area contributed by atoms with Gasteiger partial charge in [0.2, 0.25) is 11.9 Å². The highest BCUT2D eigenvalue weighted by molar-refractivity contribution is 6.13. The van der Waals surface area contributed by atoms with Crippen LogP contribution in [-0.4, -0.2) is 39.0 Å². The molecule has 0 aliphatic carbocycles. The van der Waals surface area contributed by atoms with Crippen LogP contribution in [0.4, 0.5) is 0 Å². The zero-order chi connectivity index (χ0) is 62.1. The highest BCUT2D eigenvalue weighted by Crippen LogP contribution is 2.40. The second-order valence-electron chi connectivity index (χ2n) is 23.4. The van der Waals surface area contributed by atoms with E-state index >= 15 is 0 Å². The Hall–Kier alpha value is -12.9. The Bertz CT molecular complexity index is 5980. The number of hydrogen-bond donors (Lipinski definition) is 0. The first-order valence-corrected chi connectivity index (χ1v) is 31.3. The zero-order valence-corrected chi connectivity index (χ0v) is 50.4. The Morgan fingerprint density at radius 2 is 0.447 bits per heavy atom. The number of furan rings is 2. The van der Waals surface area contributed by atoms with Crippen molar-refractivity contribution in [2.75, 3.05) is 0 Å². The summed E-state index contributed by atoms with van der Waals surface area (Å²) in [6, 6.07) is 109. The third kappa shape index (κ3) is 9.52. The van der Waals surface area contributed by atoms with Crippen molar-refractivity contribution in [3.05, 3.63) is 315 Å². The highest BCUT2D eigenvalue weighted by atomic mass is 16.3. The molecule has 94 heavy (non-hydrogen) atoms. The average Bonchev–Trinajstić information content (AvgIpc) is 1.60. The van der Waals surface area contributed by atoms with Gasteiger partial charge in [-0.3, -0.25) is 9.13 Å². The lowest BCUT2D eigenvalue weighted by molar-refractivity contribution is 0.668. The fourth-order valence-corrected chi connectivity index (χ4v) is 13.2. The molecule has 0 spiro atoms. The number of para-hydroxylation sites is 4. The predicted octanol–water partition coefficient (Wildman–Crippen LogP) is 21.4. The summed E-state index contributed by atoms with van der Waals surface area (Å²) in [5.74, 6) is 3.72. The van der Waals surface area contributed by atoms with Gasteiger partial charge in [0.1, 0.15) is 22.3 Å². The molecule has 440 valence electrons. The molecule has 10 nitrogen and oxygen atoms in total. The van der Waals surface area contributed by atoms with E-state index in [1.165, 1.54) is 0 Å². The monoisotopic (exact) mass is 1200 g/mol. The molecule has 13 aromatic carbocycles. The summed E-state index contributed by atoms with van der Waals surface area (Å²) in [5.41, 5.74) is 18.5. The van der Waals surface area contributed by atoms with E-state index in [0.29, 0.717) is 35.2 Å². The molecule has 0 aliphatic heterocycles. The van der Waals surface area contributed by atoms with Gasteiger partial charge in [-0.15, -0.1) is 0 Å². The van der Waals surface area contributed by atoms with Crippen molar-refractivity contribution in [2.45, 2.75) is 0 Å². The van der Waals surface area contributed by atoms with E-state index in [1.807, 2.05) is 146 Å². The molecule has 0 amide bonds. The van der Waals surface area contributed by atoms with Gasteiger partial charge in [0, 0.05) is 65.3 Å². The van der Waals surface area contributed by atoms with Crippen LogP contribution in [0.25, 0.3) is 178 Å². The lowest BCUT2D eigenvalue weighted by atomic mass is 9.98. The number of hydrogen-bond acceptors (Lipinski definition) is 8. The fourth-order valence-electron chi connectivity index (χ4n) is 13.2. The van der Waals surface area contributed by atoms with Crippen LogP contribution in [0.15, 0.2) is 324 Å². The summed E-state index contributed by atoms with van der Waals surface area (Å²) in [7, 11) is 0. The minimum atomic E-state index is 0.586. The van der Waals surface area contributed by atoms with Gasteiger partial charge in [0.25, 0.3) is 0 Å². The molecule has 0 unspecified atom stereocenters. The van der Waals surface area contributed by atoms with Gasteiger partial charge in [-0.1, -0.05) is 243 Å². The maximum atomic E-state index is 6.08. The largest absolute Gasteiger partial charge is 0.456 e. The molecular formula is C84H52N8O2. The van der Waals surface area contributed by atoms with Crippen LogP contribution in [0.1, 0.15) is 0 Å². The number of fused-ring (bicyclic) bond motifs is 12. The molecule has 10 heteroatoms. The van der Waals surface area contributed by atoms with Crippen molar-refractivity contribution in [2.24, 2.45) is 0 Å². The van der Waals surface area contributed by atoms with Gasteiger partial charge in [-0.05, 0) is 106 Å². The van der Waals surface area contributed by atoms with Crippen LogP contribution in [0.5, 0.6) is 0 Å². The molecule has 19 aromatic rings. The van der Waals surface area contributed by atoms with Crippen molar-refractivity contribution in [3.63, 3.8) is 0 Å². The molecule has 19 rings (SSSR count). The van der Waals surface area contributed by atoms with Crippen LogP contribution in [-0.2, 0) is 0 Å². The van der Waals surface area contributed by atoms with Crippen molar-refractivity contribution >= 4 is 87.5 Å². The summed E-state index contributed by atoms with van der Waals surface area (Å²) in [4.78, 5) is 30.0. The first-order valence-electron chi connectivity index (χ1n) is 31.3. The maximum absolute atomic E-state index is 6.08. The highest BCUT2D eigenvalue weighted by Gasteiger charge is 2.22. The second kappa shape index (κ2) is 22.5. The summed E-state index contributed by atoms with van der Waals surface area (Å²) in [6.07, 6.45) is 0. The molecule has 6 heterocycles. The summed E-state index contributed by atoms with van der Waals surface area (Å²) in [6.45, 7) is 0. The molecule has 0 bridgehead atoms. The second-order valence-corrected chi connectivity index (χ2v) is 23.4. The minimum absolute atomic E-state index is 0.586. The summed E-state index contributed by atoms with van der Waals surface area (Å²) in [5, 5.41) is 9.08. The Labute approximate surface area is 538 Å².